The number of methoxy groups -OCH3 is 1. The molecule has 0 spiro atoms. The van der Waals surface area contributed by atoms with E-state index >= 15 is 0 Å². The Bertz CT molecular complexity index is 1130. The molecule has 2 amide bonds. The van der Waals surface area contributed by atoms with Gasteiger partial charge in [0.2, 0.25) is 10.0 Å². The first-order valence-electron chi connectivity index (χ1n) is 11.3. The molecule has 1 fully saturated rings. The summed E-state index contributed by atoms with van der Waals surface area (Å²) in [5, 5.41) is 3.20. The summed E-state index contributed by atoms with van der Waals surface area (Å²) >= 11 is 0. The van der Waals surface area contributed by atoms with E-state index in [1.165, 1.54) is 24.0 Å². The molecule has 1 saturated heterocycles. The van der Waals surface area contributed by atoms with Crippen molar-refractivity contribution in [2.75, 3.05) is 45.7 Å². The molecule has 4 rings (SSSR count). The van der Waals surface area contributed by atoms with Gasteiger partial charge in [-0.25, -0.2) is 17.5 Å². The number of nitrogens with one attached hydrogen (secondary N) is 1. The Morgan fingerprint density at radius 1 is 1.18 bits per heavy atom. The maximum absolute atomic E-state index is 13.1. The van der Waals surface area contributed by atoms with Crippen LogP contribution in [0.15, 0.2) is 47.4 Å². The molecule has 0 radical (unpaired) electrons. The van der Waals surface area contributed by atoms with Crippen LogP contribution < -0.4 is 15.0 Å². The van der Waals surface area contributed by atoms with Gasteiger partial charge in [0, 0.05) is 45.5 Å². The molecule has 2 aromatic rings. The van der Waals surface area contributed by atoms with Crippen LogP contribution in [-0.2, 0) is 23.0 Å². The third kappa shape index (κ3) is 5.66. The molecular weight excluding hydrogens is 476 g/mol. The first kappa shape index (κ1) is 26.3. The van der Waals surface area contributed by atoms with E-state index in [4.69, 9.17) is 4.74 Å². The summed E-state index contributed by atoms with van der Waals surface area (Å²) in [6.45, 7) is 3.16. The number of urea groups is 1. The van der Waals surface area contributed by atoms with Gasteiger partial charge >= 0.3 is 6.03 Å². The highest BCUT2D eigenvalue weighted by atomic mass is 35.5. The van der Waals surface area contributed by atoms with Crippen LogP contribution in [0.5, 0.6) is 5.75 Å². The lowest BCUT2D eigenvalue weighted by Gasteiger charge is -2.34. The van der Waals surface area contributed by atoms with Crippen LogP contribution in [0, 0.1) is 0 Å². The minimum Gasteiger partial charge on any atom is -0.497 e. The Kier molecular flexibility index (Phi) is 8.46. The van der Waals surface area contributed by atoms with Crippen LogP contribution in [0.2, 0.25) is 0 Å². The number of benzene rings is 2. The highest BCUT2D eigenvalue weighted by Gasteiger charge is 2.29. The standard InChI is InChI=1S/C24H32N4O4S.ClH/c1-26(2)33(30,31)22-9-10-23-19(15-22)11-13-28(23)24(29)25-20-7-5-12-27(17-20)16-18-6-4-8-21(14-18)32-3;/h4,6,8-10,14-15,20H,5,7,11-13,16-17H2,1-3H3,(H,25,29);1H. The minimum atomic E-state index is -3.49. The fourth-order valence-corrected chi connectivity index (χ4v) is 5.51. The Balaban J connectivity index is 0.00000324. The van der Waals surface area contributed by atoms with Crippen molar-refractivity contribution in [3.63, 3.8) is 0 Å². The van der Waals surface area contributed by atoms with Crippen LogP contribution in [0.3, 0.4) is 0 Å². The Labute approximate surface area is 208 Å². The first-order chi connectivity index (χ1) is 15.8. The second-order valence-electron chi connectivity index (χ2n) is 8.85. The molecule has 0 bridgehead atoms. The number of hydrogen-bond acceptors (Lipinski definition) is 5. The highest BCUT2D eigenvalue weighted by Crippen LogP contribution is 2.31. The van der Waals surface area contributed by atoms with Crippen molar-refractivity contribution in [3.05, 3.63) is 53.6 Å². The molecule has 186 valence electrons. The summed E-state index contributed by atoms with van der Waals surface area (Å²) in [5.41, 5.74) is 2.86. The Morgan fingerprint density at radius 2 is 1.97 bits per heavy atom. The van der Waals surface area contributed by atoms with Crippen molar-refractivity contribution in [2.45, 2.75) is 36.7 Å². The number of sulfonamides is 1. The predicted octanol–water partition coefficient (Wildman–Crippen LogP) is 3.10. The van der Waals surface area contributed by atoms with E-state index in [9.17, 15) is 13.2 Å². The molecule has 8 nitrogen and oxygen atoms in total. The summed E-state index contributed by atoms with van der Waals surface area (Å²) in [6, 6.07) is 13.1. The van der Waals surface area contributed by atoms with Crippen LogP contribution in [0.1, 0.15) is 24.0 Å². The molecule has 0 saturated carbocycles. The van der Waals surface area contributed by atoms with Gasteiger partial charge in [-0.2, -0.15) is 0 Å². The van der Waals surface area contributed by atoms with Crippen LogP contribution in [-0.4, -0.2) is 70.5 Å². The van der Waals surface area contributed by atoms with Gasteiger partial charge < -0.3 is 10.1 Å². The summed E-state index contributed by atoms with van der Waals surface area (Å²) in [5.74, 6) is 0.851. The predicted molar refractivity (Wildman–Crippen MR) is 135 cm³/mol. The van der Waals surface area contributed by atoms with Gasteiger partial charge in [0.1, 0.15) is 5.75 Å². The average molecular weight is 509 g/mol. The van der Waals surface area contributed by atoms with E-state index in [2.05, 4.69) is 16.3 Å². The van der Waals surface area contributed by atoms with E-state index < -0.39 is 10.0 Å². The number of ether oxygens (including phenoxy) is 1. The van der Waals surface area contributed by atoms with Crippen molar-refractivity contribution >= 4 is 34.1 Å². The first-order valence-corrected chi connectivity index (χ1v) is 12.7. The summed E-state index contributed by atoms with van der Waals surface area (Å²) in [4.78, 5) is 17.4. The second kappa shape index (κ2) is 10.9. The number of fused-ring (bicyclic) bond motifs is 1. The summed E-state index contributed by atoms with van der Waals surface area (Å²) in [6.07, 6.45) is 2.62. The van der Waals surface area contributed by atoms with Crippen molar-refractivity contribution in [3.8, 4) is 5.75 Å². The number of carbonyl (C=O) groups is 1. The molecule has 1 unspecified atom stereocenters. The van der Waals surface area contributed by atoms with Gasteiger partial charge in [-0.15, -0.1) is 12.4 Å². The van der Waals surface area contributed by atoms with Gasteiger partial charge in [-0.1, -0.05) is 12.1 Å². The summed E-state index contributed by atoms with van der Waals surface area (Å²) < 4.78 is 31.4. The highest BCUT2D eigenvalue weighted by molar-refractivity contribution is 7.89. The Morgan fingerprint density at radius 3 is 2.71 bits per heavy atom. The van der Waals surface area contributed by atoms with E-state index in [0.29, 0.717) is 13.0 Å². The fourth-order valence-electron chi connectivity index (χ4n) is 4.56. The van der Waals surface area contributed by atoms with Gasteiger partial charge in [0.15, 0.2) is 0 Å². The number of nitrogens with zero attached hydrogens (tertiary/aromatic N) is 3. The van der Waals surface area contributed by atoms with E-state index in [-0.39, 0.29) is 29.4 Å². The number of hydrogen-bond donors (Lipinski definition) is 1. The van der Waals surface area contributed by atoms with Crippen LogP contribution in [0.4, 0.5) is 10.5 Å². The lowest BCUT2D eigenvalue weighted by molar-refractivity contribution is 0.182. The lowest BCUT2D eigenvalue weighted by atomic mass is 10.0. The largest absolute Gasteiger partial charge is 0.497 e. The van der Waals surface area contributed by atoms with Crippen molar-refractivity contribution < 1.29 is 17.9 Å². The molecular formula is C24H33ClN4O4S. The number of anilines is 1. The van der Waals surface area contributed by atoms with Crippen LogP contribution >= 0.6 is 12.4 Å². The maximum atomic E-state index is 13.1. The summed E-state index contributed by atoms with van der Waals surface area (Å²) in [7, 11) is 1.21. The molecule has 34 heavy (non-hydrogen) atoms. The molecule has 2 aliphatic heterocycles. The van der Waals surface area contributed by atoms with Crippen molar-refractivity contribution in [1.29, 1.82) is 0 Å². The van der Waals surface area contributed by atoms with E-state index in [1.54, 1.807) is 30.2 Å². The smallest absolute Gasteiger partial charge is 0.322 e. The zero-order valence-corrected chi connectivity index (χ0v) is 21.5. The quantitative estimate of drug-likeness (QED) is 0.648. The SMILES string of the molecule is COc1cccc(CN2CCCC(NC(=O)N3CCc4cc(S(=O)(=O)N(C)C)ccc43)C2)c1.Cl. The molecule has 1 N–H and O–H groups in total. The fraction of sp³-hybridized carbons (Fsp3) is 0.458. The van der Waals surface area contributed by atoms with Crippen molar-refractivity contribution in [2.24, 2.45) is 0 Å². The number of likely N-dealkylation sites (tertiary alicyclic amines) is 1. The number of halogens is 1. The number of piperidine rings is 1. The van der Waals surface area contributed by atoms with Gasteiger partial charge in [0.25, 0.3) is 0 Å². The molecule has 10 heteroatoms. The van der Waals surface area contributed by atoms with Gasteiger partial charge in [-0.05, 0) is 67.3 Å². The minimum absolute atomic E-state index is 0. The third-order valence-electron chi connectivity index (χ3n) is 6.34. The van der Waals surface area contributed by atoms with E-state index in [1.807, 2.05) is 18.2 Å². The van der Waals surface area contributed by atoms with Crippen molar-refractivity contribution in [1.82, 2.24) is 14.5 Å². The van der Waals surface area contributed by atoms with E-state index in [0.717, 1.165) is 49.5 Å². The van der Waals surface area contributed by atoms with Gasteiger partial charge in [0.05, 0.1) is 12.0 Å². The third-order valence-corrected chi connectivity index (χ3v) is 8.15. The molecule has 2 aromatic carbocycles. The Hall–Kier alpha value is -2.33. The second-order valence-corrected chi connectivity index (χ2v) is 11.0. The van der Waals surface area contributed by atoms with Crippen LogP contribution in [0.25, 0.3) is 0 Å². The number of amides is 2. The van der Waals surface area contributed by atoms with Gasteiger partial charge in [-0.3, -0.25) is 9.80 Å². The molecule has 2 heterocycles. The topological polar surface area (TPSA) is 82.2 Å². The maximum Gasteiger partial charge on any atom is 0.322 e. The lowest BCUT2D eigenvalue weighted by Crippen LogP contribution is -2.51. The molecule has 0 aliphatic carbocycles. The number of rotatable bonds is 6. The monoisotopic (exact) mass is 508 g/mol. The average Bonchev–Trinajstić information content (AvgIpc) is 3.23. The zero-order valence-electron chi connectivity index (χ0n) is 19.9. The molecule has 1 atom stereocenters. The number of carbonyl (C=O) groups excluding carboxylic acids is 1. The molecule has 0 aromatic heterocycles. The zero-order chi connectivity index (χ0) is 23.6. The molecule has 2 aliphatic rings. The normalized spacial score (nSPS) is 18.4.